The van der Waals surface area contributed by atoms with Crippen molar-refractivity contribution in [3.63, 3.8) is 0 Å². The van der Waals surface area contributed by atoms with Crippen molar-refractivity contribution in [1.82, 2.24) is 10.3 Å². The van der Waals surface area contributed by atoms with Crippen molar-refractivity contribution >= 4 is 28.1 Å². The van der Waals surface area contributed by atoms with Gasteiger partial charge in [0.2, 0.25) is 5.91 Å². The zero-order valence-electron chi connectivity index (χ0n) is 20.9. The van der Waals surface area contributed by atoms with E-state index >= 15 is 0 Å². The van der Waals surface area contributed by atoms with Crippen molar-refractivity contribution in [3.8, 4) is 0 Å². The standard InChI is InChI=1S/C29H35N3O3S/c1-28-14-13-24(34)29(2,18-33)23(28)16-22-26(32-27(36-22)31-20-11-7-4-8-12-20)21(28)15-25(35)30-17-19-9-5-3-6-10-19/h3-12,21,23-24,33-34H,13-18H2,1-2H3,(H,30,35)(H,31,32)/t21-,23+,24-,28+,29+/m1/s1. The molecule has 2 aliphatic rings. The van der Waals surface area contributed by atoms with E-state index in [1.54, 1.807) is 11.3 Å². The zero-order chi connectivity index (χ0) is 25.3. The number of carbonyl (C=O) groups excluding carboxylic acids is 1. The molecular weight excluding hydrogens is 470 g/mol. The van der Waals surface area contributed by atoms with E-state index in [0.717, 1.165) is 39.8 Å². The number of hydrogen-bond acceptors (Lipinski definition) is 6. The van der Waals surface area contributed by atoms with Crippen molar-refractivity contribution in [1.29, 1.82) is 0 Å². The topological polar surface area (TPSA) is 94.5 Å². The van der Waals surface area contributed by atoms with E-state index in [-0.39, 0.29) is 29.8 Å². The Kier molecular flexibility index (Phi) is 6.90. The van der Waals surface area contributed by atoms with Gasteiger partial charge in [-0.1, -0.05) is 62.4 Å². The molecule has 1 aromatic heterocycles. The summed E-state index contributed by atoms with van der Waals surface area (Å²) in [5.74, 6) is -0.0507. The fraction of sp³-hybridized carbons (Fsp3) is 0.448. The molecule has 1 saturated carbocycles. The summed E-state index contributed by atoms with van der Waals surface area (Å²) in [6, 6.07) is 19.9. The van der Waals surface area contributed by atoms with Crippen molar-refractivity contribution in [2.75, 3.05) is 11.9 Å². The highest BCUT2D eigenvalue weighted by molar-refractivity contribution is 7.15. The highest BCUT2D eigenvalue weighted by Gasteiger charge is 2.59. The van der Waals surface area contributed by atoms with Crippen LogP contribution < -0.4 is 10.6 Å². The van der Waals surface area contributed by atoms with E-state index in [1.165, 1.54) is 0 Å². The Morgan fingerprint density at radius 2 is 1.81 bits per heavy atom. The Hall–Kier alpha value is -2.74. The number of nitrogens with one attached hydrogen (secondary N) is 2. The quantitative estimate of drug-likeness (QED) is 0.362. The average Bonchev–Trinajstić information content (AvgIpc) is 3.29. The van der Waals surface area contributed by atoms with Gasteiger partial charge in [0.15, 0.2) is 5.13 Å². The molecule has 7 heteroatoms. The number of aromatic nitrogens is 1. The van der Waals surface area contributed by atoms with E-state index in [0.29, 0.717) is 19.4 Å². The van der Waals surface area contributed by atoms with Crippen LogP contribution in [0, 0.1) is 16.7 Å². The Morgan fingerprint density at radius 3 is 2.50 bits per heavy atom. The molecule has 1 fully saturated rings. The van der Waals surface area contributed by atoms with Crippen LogP contribution in [0.3, 0.4) is 0 Å². The number of nitrogens with zero attached hydrogens (tertiary/aromatic N) is 1. The SMILES string of the molecule is C[C@]1(CO)[C@H]2Cc3sc(Nc4ccccc4)nc3[C@@H](CC(=O)NCc3ccccc3)[C@]2(C)CC[C@H]1O. The first-order chi connectivity index (χ1) is 17.3. The smallest absolute Gasteiger partial charge is 0.220 e. The second-order valence-corrected chi connectivity index (χ2v) is 11.9. The summed E-state index contributed by atoms with van der Waals surface area (Å²) in [5.41, 5.74) is 2.14. The van der Waals surface area contributed by atoms with E-state index in [9.17, 15) is 15.0 Å². The first-order valence-corrected chi connectivity index (χ1v) is 13.6. The van der Waals surface area contributed by atoms with E-state index in [4.69, 9.17) is 4.98 Å². The maximum Gasteiger partial charge on any atom is 0.220 e. The number of hydrogen-bond donors (Lipinski definition) is 4. The molecule has 0 radical (unpaired) electrons. The van der Waals surface area contributed by atoms with Gasteiger partial charge in [0.05, 0.1) is 18.4 Å². The van der Waals surface area contributed by atoms with E-state index in [2.05, 4.69) is 17.6 Å². The summed E-state index contributed by atoms with van der Waals surface area (Å²) in [5, 5.41) is 28.7. The largest absolute Gasteiger partial charge is 0.396 e. The molecular formula is C29H35N3O3S. The van der Waals surface area contributed by atoms with Crippen LogP contribution in [0.4, 0.5) is 10.8 Å². The Balaban J connectivity index is 1.46. The molecule has 2 aromatic carbocycles. The number of aliphatic hydroxyl groups excluding tert-OH is 2. The van der Waals surface area contributed by atoms with Crippen molar-refractivity contribution in [2.45, 2.75) is 58.1 Å². The Bertz CT molecular complexity index is 1200. The number of aliphatic hydroxyl groups is 2. The predicted octanol–water partition coefficient (Wildman–Crippen LogP) is 5.01. The summed E-state index contributed by atoms with van der Waals surface area (Å²) in [6.07, 6.45) is 1.92. The van der Waals surface area contributed by atoms with Crippen molar-refractivity contribution < 1.29 is 15.0 Å². The van der Waals surface area contributed by atoms with Gasteiger partial charge in [-0.25, -0.2) is 4.98 Å². The van der Waals surface area contributed by atoms with E-state index in [1.807, 2.05) is 67.6 Å². The molecule has 0 bridgehead atoms. The molecule has 4 N–H and O–H groups in total. The van der Waals surface area contributed by atoms with Gasteiger partial charge in [0.1, 0.15) is 0 Å². The molecule has 1 heterocycles. The highest BCUT2D eigenvalue weighted by Crippen LogP contribution is 2.62. The lowest BCUT2D eigenvalue weighted by Crippen LogP contribution is -2.57. The van der Waals surface area contributed by atoms with Gasteiger partial charge in [-0.2, -0.15) is 0 Å². The fourth-order valence-electron chi connectivity index (χ4n) is 6.40. The third-order valence-electron chi connectivity index (χ3n) is 8.64. The Morgan fingerprint density at radius 1 is 1.11 bits per heavy atom. The van der Waals surface area contributed by atoms with E-state index < -0.39 is 11.5 Å². The normalized spacial score (nSPS) is 29.2. The summed E-state index contributed by atoms with van der Waals surface area (Å²) in [6.45, 7) is 4.65. The molecule has 0 saturated heterocycles. The Labute approximate surface area is 216 Å². The number of fused-ring (bicyclic) bond motifs is 2. The third-order valence-corrected chi connectivity index (χ3v) is 9.65. The van der Waals surface area contributed by atoms with Crippen LogP contribution in [0.1, 0.15) is 55.2 Å². The lowest BCUT2D eigenvalue weighted by molar-refractivity contribution is -0.144. The number of benzene rings is 2. The molecule has 2 aliphatic carbocycles. The lowest BCUT2D eigenvalue weighted by atomic mass is 9.47. The summed E-state index contributed by atoms with van der Waals surface area (Å²) in [4.78, 5) is 19.4. The summed E-state index contributed by atoms with van der Waals surface area (Å²) in [7, 11) is 0. The maximum absolute atomic E-state index is 13.3. The zero-order valence-corrected chi connectivity index (χ0v) is 21.7. The number of amides is 1. The fourth-order valence-corrected chi connectivity index (χ4v) is 7.49. The molecule has 0 spiro atoms. The number of para-hydroxylation sites is 1. The minimum atomic E-state index is -0.625. The van der Waals surface area contributed by atoms with Crippen LogP contribution in [0.5, 0.6) is 0 Å². The van der Waals surface area contributed by atoms with Crippen LogP contribution >= 0.6 is 11.3 Å². The molecule has 3 aromatic rings. The summed E-state index contributed by atoms with van der Waals surface area (Å²) < 4.78 is 0. The molecule has 6 nitrogen and oxygen atoms in total. The minimum Gasteiger partial charge on any atom is -0.396 e. The van der Waals surface area contributed by atoms with Gasteiger partial charge in [-0.15, -0.1) is 11.3 Å². The van der Waals surface area contributed by atoms with Crippen LogP contribution in [-0.4, -0.2) is 33.8 Å². The molecule has 0 aliphatic heterocycles. The molecule has 0 unspecified atom stereocenters. The second kappa shape index (κ2) is 9.96. The van der Waals surface area contributed by atoms with Crippen LogP contribution in [0.25, 0.3) is 0 Å². The van der Waals surface area contributed by atoms with Gasteiger partial charge in [0, 0.05) is 34.9 Å². The monoisotopic (exact) mass is 505 g/mol. The highest BCUT2D eigenvalue weighted by atomic mass is 32.1. The molecule has 190 valence electrons. The van der Waals surface area contributed by atoms with Gasteiger partial charge < -0.3 is 20.8 Å². The van der Waals surface area contributed by atoms with Crippen molar-refractivity contribution in [2.24, 2.45) is 16.7 Å². The first kappa shape index (κ1) is 24.9. The second-order valence-electron chi connectivity index (χ2n) is 10.8. The average molecular weight is 506 g/mol. The summed E-state index contributed by atoms with van der Waals surface area (Å²) >= 11 is 1.62. The van der Waals surface area contributed by atoms with Gasteiger partial charge >= 0.3 is 0 Å². The molecule has 36 heavy (non-hydrogen) atoms. The van der Waals surface area contributed by atoms with Gasteiger partial charge in [0.25, 0.3) is 0 Å². The minimum absolute atomic E-state index is 0.000861. The van der Waals surface area contributed by atoms with Crippen LogP contribution in [0.2, 0.25) is 0 Å². The maximum atomic E-state index is 13.3. The predicted molar refractivity (Wildman–Crippen MR) is 143 cm³/mol. The number of thiazole rings is 1. The lowest BCUT2D eigenvalue weighted by Gasteiger charge is -2.58. The number of anilines is 2. The molecule has 1 amide bonds. The first-order valence-electron chi connectivity index (χ1n) is 12.7. The third kappa shape index (κ3) is 4.56. The number of carbonyl (C=O) groups is 1. The van der Waals surface area contributed by atoms with Crippen LogP contribution in [-0.2, 0) is 17.8 Å². The van der Waals surface area contributed by atoms with Gasteiger partial charge in [-0.3, -0.25) is 4.79 Å². The molecule has 5 atom stereocenters. The van der Waals surface area contributed by atoms with Gasteiger partial charge in [-0.05, 0) is 48.3 Å². The molecule has 5 rings (SSSR count). The van der Waals surface area contributed by atoms with Crippen molar-refractivity contribution in [3.05, 3.63) is 76.8 Å². The van der Waals surface area contributed by atoms with Crippen LogP contribution in [0.15, 0.2) is 60.7 Å². The number of rotatable bonds is 7.